The Morgan fingerprint density at radius 3 is 1.89 bits per heavy atom. The van der Waals surface area contributed by atoms with Crippen molar-refractivity contribution < 1.29 is 14.4 Å². The Bertz CT molecular complexity index is 1410. The molecule has 5 rings (SSSR count). The lowest BCUT2D eigenvalue weighted by atomic mass is 10.0. The minimum Gasteiger partial charge on any atom is -0.354 e. The Hall–Kier alpha value is -4.26. The maximum absolute atomic E-state index is 13.8. The molecule has 1 atom stereocenters. The van der Waals surface area contributed by atoms with Gasteiger partial charge in [0.05, 0.1) is 11.1 Å². The maximum atomic E-state index is 13.8. The molecule has 7 heteroatoms. The van der Waals surface area contributed by atoms with Crippen LogP contribution in [0, 0.1) is 0 Å². The molecule has 1 unspecified atom stereocenters. The minimum atomic E-state index is -0.940. The summed E-state index contributed by atoms with van der Waals surface area (Å²) >= 11 is 6.10. The first-order chi connectivity index (χ1) is 18.5. The first kappa shape index (κ1) is 25.4. The molecule has 0 spiro atoms. The van der Waals surface area contributed by atoms with E-state index in [-0.39, 0.29) is 12.5 Å². The van der Waals surface area contributed by atoms with Crippen LogP contribution in [0.25, 0.3) is 0 Å². The van der Waals surface area contributed by atoms with E-state index in [0.29, 0.717) is 34.7 Å². The predicted molar refractivity (Wildman–Crippen MR) is 146 cm³/mol. The van der Waals surface area contributed by atoms with Crippen molar-refractivity contribution in [2.45, 2.75) is 19.0 Å². The van der Waals surface area contributed by atoms with Crippen LogP contribution in [-0.2, 0) is 17.8 Å². The van der Waals surface area contributed by atoms with E-state index in [4.69, 9.17) is 11.6 Å². The van der Waals surface area contributed by atoms with E-state index in [0.717, 1.165) is 16.1 Å². The SMILES string of the molecule is O=C(NCCc1ccccc1)C(c1ccccc1)N(Cc1ccc(Cl)cc1)N1C(=O)c2ccccc2C1=O. The quantitative estimate of drug-likeness (QED) is 0.296. The minimum absolute atomic E-state index is 0.133. The number of halogens is 1. The smallest absolute Gasteiger partial charge is 0.276 e. The lowest BCUT2D eigenvalue weighted by Gasteiger charge is -2.36. The number of carbonyl (C=O) groups is 3. The van der Waals surface area contributed by atoms with Gasteiger partial charge in [-0.05, 0) is 47.4 Å². The molecular formula is C31H26ClN3O3. The summed E-state index contributed by atoms with van der Waals surface area (Å²) in [5.74, 6) is -1.23. The third-order valence-corrected chi connectivity index (χ3v) is 6.76. The van der Waals surface area contributed by atoms with Gasteiger partial charge in [0.1, 0.15) is 6.04 Å². The van der Waals surface area contributed by atoms with Crippen molar-refractivity contribution in [1.82, 2.24) is 15.3 Å². The Kier molecular flexibility index (Phi) is 7.63. The van der Waals surface area contributed by atoms with Crippen molar-refractivity contribution in [3.63, 3.8) is 0 Å². The van der Waals surface area contributed by atoms with Gasteiger partial charge in [0.25, 0.3) is 11.8 Å². The number of hydrogen-bond acceptors (Lipinski definition) is 4. The van der Waals surface area contributed by atoms with Crippen molar-refractivity contribution in [3.8, 4) is 0 Å². The summed E-state index contributed by atoms with van der Waals surface area (Å²) in [5, 5.41) is 6.26. The molecule has 6 nitrogen and oxygen atoms in total. The van der Waals surface area contributed by atoms with E-state index in [2.05, 4.69) is 5.32 Å². The van der Waals surface area contributed by atoms with Gasteiger partial charge in [-0.1, -0.05) is 96.5 Å². The zero-order valence-electron chi connectivity index (χ0n) is 20.6. The summed E-state index contributed by atoms with van der Waals surface area (Å²) in [6.45, 7) is 0.539. The highest BCUT2D eigenvalue weighted by molar-refractivity contribution is 6.30. The highest BCUT2D eigenvalue weighted by atomic mass is 35.5. The zero-order valence-corrected chi connectivity index (χ0v) is 21.3. The number of benzene rings is 4. The van der Waals surface area contributed by atoms with Gasteiger partial charge < -0.3 is 5.32 Å². The molecule has 0 radical (unpaired) electrons. The maximum Gasteiger partial charge on any atom is 0.276 e. The molecule has 0 aliphatic carbocycles. The molecule has 0 saturated heterocycles. The summed E-state index contributed by atoms with van der Waals surface area (Å²) in [7, 11) is 0. The molecule has 1 N–H and O–H groups in total. The molecule has 0 saturated carbocycles. The van der Waals surface area contributed by atoms with Crippen LogP contribution in [0.5, 0.6) is 0 Å². The molecule has 1 aliphatic heterocycles. The second-order valence-electron chi connectivity index (χ2n) is 9.03. The molecule has 1 heterocycles. The van der Waals surface area contributed by atoms with Gasteiger partial charge in [-0.2, -0.15) is 5.01 Å². The fraction of sp³-hybridized carbons (Fsp3) is 0.129. The Morgan fingerprint density at radius 2 is 1.29 bits per heavy atom. The predicted octanol–water partition coefficient (Wildman–Crippen LogP) is 5.45. The molecule has 4 aromatic rings. The van der Waals surface area contributed by atoms with Crippen LogP contribution in [-0.4, -0.2) is 34.3 Å². The molecular weight excluding hydrogens is 498 g/mol. The van der Waals surface area contributed by atoms with Gasteiger partial charge in [-0.3, -0.25) is 14.4 Å². The van der Waals surface area contributed by atoms with E-state index < -0.39 is 17.9 Å². The molecule has 190 valence electrons. The Morgan fingerprint density at radius 1 is 0.737 bits per heavy atom. The molecule has 4 aromatic carbocycles. The van der Waals surface area contributed by atoms with Crippen LogP contribution in [0.2, 0.25) is 5.02 Å². The summed E-state index contributed by atoms with van der Waals surface area (Å²) in [4.78, 5) is 41.0. The van der Waals surface area contributed by atoms with Gasteiger partial charge in [-0.15, -0.1) is 0 Å². The summed E-state index contributed by atoms with van der Waals surface area (Å²) < 4.78 is 0. The lowest BCUT2D eigenvalue weighted by Crippen LogP contribution is -2.52. The Labute approximate surface area is 226 Å². The van der Waals surface area contributed by atoms with E-state index in [1.165, 1.54) is 0 Å². The van der Waals surface area contributed by atoms with Crippen molar-refractivity contribution in [3.05, 3.63) is 142 Å². The summed E-state index contributed by atoms with van der Waals surface area (Å²) in [6, 6.07) is 32.0. The van der Waals surface area contributed by atoms with E-state index in [1.54, 1.807) is 41.4 Å². The van der Waals surface area contributed by atoms with Gasteiger partial charge in [0, 0.05) is 18.1 Å². The molecule has 38 heavy (non-hydrogen) atoms. The zero-order chi connectivity index (χ0) is 26.5. The molecule has 0 bridgehead atoms. The van der Waals surface area contributed by atoms with Crippen LogP contribution in [0.4, 0.5) is 0 Å². The van der Waals surface area contributed by atoms with Crippen LogP contribution < -0.4 is 5.32 Å². The summed E-state index contributed by atoms with van der Waals surface area (Å²) in [5.41, 5.74) is 3.19. The highest BCUT2D eigenvalue weighted by Gasteiger charge is 2.44. The molecule has 3 amide bonds. The number of rotatable bonds is 9. The second kappa shape index (κ2) is 11.4. The van der Waals surface area contributed by atoms with Gasteiger partial charge >= 0.3 is 0 Å². The second-order valence-corrected chi connectivity index (χ2v) is 9.47. The number of nitrogens with zero attached hydrogens (tertiary/aromatic N) is 2. The van der Waals surface area contributed by atoms with E-state index in [9.17, 15) is 14.4 Å². The summed E-state index contributed by atoms with van der Waals surface area (Å²) in [6.07, 6.45) is 0.651. The van der Waals surface area contributed by atoms with Gasteiger partial charge in [-0.25, -0.2) is 5.01 Å². The Balaban J connectivity index is 1.51. The molecule has 0 aromatic heterocycles. The number of nitrogens with one attached hydrogen (secondary N) is 1. The lowest BCUT2D eigenvalue weighted by molar-refractivity contribution is -0.132. The number of hydrogen-bond donors (Lipinski definition) is 1. The highest BCUT2D eigenvalue weighted by Crippen LogP contribution is 2.32. The third-order valence-electron chi connectivity index (χ3n) is 6.50. The van der Waals surface area contributed by atoms with Crippen LogP contribution in [0.15, 0.2) is 109 Å². The molecule has 1 aliphatic rings. The fourth-order valence-corrected chi connectivity index (χ4v) is 4.76. The topological polar surface area (TPSA) is 69.7 Å². The van der Waals surface area contributed by atoms with Crippen LogP contribution in [0.1, 0.15) is 43.4 Å². The van der Waals surface area contributed by atoms with Crippen molar-refractivity contribution in [1.29, 1.82) is 0 Å². The van der Waals surface area contributed by atoms with E-state index in [1.807, 2.05) is 72.8 Å². The average molecular weight is 524 g/mol. The largest absolute Gasteiger partial charge is 0.354 e. The average Bonchev–Trinajstić information content (AvgIpc) is 3.20. The number of imide groups is 1. The first-order valence-corrected chi connectivity index (χ1v) is 12.8. The van der Waals surface area contributed by atoms with Crippen LogP contribution in [0.3, 0.4) is 0 Å². The van der Waals surface area contributed by atoms with Crippen LogP contribution >= 0.6 is 11.6 Å². The number of carbonyl (C=O) groups excluding carboxylic acids is 3. The van der Waals surface area contributed by atoms with Crippen molar-refractivity contribution >= 4 is 29.3 Å². The first-order valence-electron chi connectivity index (χ1n) is 12.4. The number of amides is 3. The van der Waals surface area contributed by atoms with Gasteiger partial charge in [0.15, 0.2) is 0 Å². The monoisotopic (exact) mass is 523 g/mol. The van der Waals surface area contributed by atoms with Crippen molar-refractivity contribution in [2.75, 3.05) is 6.54 Å². The fourth-order valence-electron chi connectivity index (χ4n) is 4.63. The van der Waals surface area contributed by atoms with E-state index >= 15 is 0 Å². The number of fused-ring (bicyclic) bond motifs is 1. The standard InChI is InChI=1S/C31H26ClN3O3/c32-25-17-15-23(16-18-25)21-34(35-30(37)26-13-7-8-14-27(26)31(35)38)28(24-11-5-2-6-12-24)29(36)33-20-19-22-9-3-1-4-10-22/h1-18,28H,19-21H2,(H,33,36). The normalized spacial score (nSPS) is 13.5. The van der Waals surface area contributed by atoms with Gasteiger partial charge in [0.2, 0.25) is 5.91 Å². The van der Waals surface area contributed by atoms with Crippen molar-refractivity contribution in [2.24, 2.45) is 0 Å². The number of hydrazine groups is 1. The third kappa shape index (κ3) is 5.37. The molecule has 0 fully saturated rings.